The van der Waals surface area contributed by atoms with Crippen molar-refractivity contribution in [1.29, 1.82) is 0 Å². The molecule has 122 valence electrons. The number of carbonyl (C=O) groups excluding carboxylic acids is 1. The van der Waals surface area contributed by atoms with Crippen molar-refractivity contribution in [3.63, 3.8) is 0 Å². The van der Waals surface area contributed by atoms with Gasteiger partial charge in [0.05, 0.1) is 6.54 Å². The Kier molecular flexibility index (Phi) is 4.81. The quantitative estimate of drug-likeness (QED) is 0.909. The molecule has 1 spiro atoms. The molecule has 1 atom stereocenters. The van der Waals surface area contributed by atoms with Gasteiger partial charge < -0.3 is 9.88 Å². The molecule has 0 radical (unpaired) electrons. The maximum Gasteiger partial charge on any atom is 0.222 e. The lowest BCUT2D eigenvalue weighted by atomic mass is 9.73. The molecule has 0 saturated carbocycles. The summed E-state index contributed by atoms with van der Waals surface area (Å²) >= 11 is 0. The average Bonchev–Trinajstić information content (AvgIpc) is 3.02. The van der Waals surface area contributed by atoms with Crippen molar-refractivity contribution in [2.75, 3.05) is 26.2 Å². The summed E-state index contributed by atoms with van der Waals surface area (Å²) in [6.07, 6.45) is 10.3. The van der Waals surface area contributed by atoms with Gasteiger partial charge in [0.1, 0.15) is 5.82 Å². The van der Waals surface area contributed by atoms with E-state index in [0.29, 0.717) is 11.3 Å². The van der Waals surface area contributed by atoms with Crippen molar-refractivity contribution in [3.05, 3.63) is 18.2 Å². The zero-order chi connectivity index (χ0) is 15.4. The van der Waals surface area contributed by atoms with Crippen LogP contribution in [0.1, 0.15) is 51.3 Å². The van der Waals surface area contributed by atoms with Gasteiger partial charge in [-0.1, -0.05) is 13.3 Å². The SMILES string of the molecule is CCCCN1C[C@@]2(CCCN(Cc3ncc[nH]3)C2)CCC1=O. The summed E-state index contributed by atoms with van der Waals surface area (Å²) in [5, 5.41) is 0. The summed E-state index contributed by atoms with van der Waals surface area (Å²) in [6, 6.07) is 0. The fourth-order valence-electron chi connectivity index (χ4n) is 4.03. The van der Waals surface area contributed by atoms with Gasteiger partial charge in [-0.05, 0) is 32.2 Å². The third-order valence-corrected chi connectivity index (χ3v) is 5.20. The van der Waals surface area contributed by atoms with E-state index in [4.69, 9.17) is 0 Å². The lowest BCUT2D eigenvalue weighted by Crippen LogP contribution is -2.54. The molecule has 1 aromatic rings. The predicted octanol–water partition coefficient (Wildman–Crippen LogP) is 2.41. The normalized spacial score (nSPS) is 26.8. The monoisotopic (exact) mass is 304 g/mol. The second kappa shape index (κ2) is 6.82. The summed E-state index contributed by atoms with van der Waals surface area (Å²) in [6.45, 7) is 7.23. The van der Waals surface area contributed by atoms with E-state index in [-0.39, 0.29) is 0 Å². The minimum absolute atomic E-state index is 0.312. The van der Waals surface area contributed by atoms with E-state index in [1.54, 1.807) is 0 Å². The Bertz CT molecular complexity index is 487. The third kappa shape index (κ3) is 3.51. The molecule has 1 amide bonds. The standard InChI is InChI=1S/C17H28N4O/c1-2-3-11-21-14-17(7-5-16(21)22)6-4-10-20(13-17)12-15-18-8-9-19-15/h8-9H,2-7,10-14H2,1H3,(H,18,19)/t17-/m0/s1. The van der Waals surface area contributed by atoms with E-state index >= 15 is 0 Å². The second-order valence-corrected chi connectivity index (χ2v) is 7.02. The van der Waals surface area contributed by atoms with Crippen LogP contribution < -0.4 is 0 Å². The van der Waals surface area contributed by atoms with Crippen LogP contribution in [0.25, 0.3) is 0 Å². The Morgan fingerprint density at radius 2 is 2.27 bits per heavy atom. The van der Waals surface area contributed by atoms with Gasteiger partial charge >= 0.3 is 0 Å². The van der Waals surface area contributed by atoms with Gasteiger partial charge in [0, 0.05) is 43.9 Å². The fraction of sp³-hybridized carbons (Fsp3) is 0.765. The van der Waals surface area contributed by atoms with Crippen LogP contribution in [0, 0.1) is 5.41 Å². The highest BCUT2D eigenvalue weighted by Gasteiger charge is 2.41. The van der Waals surface area contributed by atoms with Crippen molar-refractivity contribution < 1.29 is 4.79 Å². The van der Waals surface area contributed by atoms with E-state index in [0.717, 1.165) is 64.2 Å². The number of amides is 1. The van der Waals surface area contributed by atoms with Gasteiger partial charge in [-0.3, -0.25) is 9.69 Å². The third-order valence-electron chi connectivity index (χ3n) is 5.20. The highest BCUT2D eigenvalue weighted by atomic mass is 16.2. The van der Waals surface area contributed by atoms with Crippen molar-refractivity contribution >= 4 is 5.91 Å². The van der Waals surface area contributed by atoms with Gasteiger partial charge in [-0.15, -0.1) is 0 Å². The molecule has 2 aliphatic rings. The fourth-order valence-corrected chi connectivity index (χ4v) is 4.03. The Balaban J connectivity index is 1.62. The lowest BCUT2D eigenvalue weighted by molar-refractivity contribution is -0.139. The molecule has 0 bridgehead atoms. The number of H-pyrrole nitrogens is 1. The number of nitrogens with one attached hydrogen (secondary N) is 1. The summed E-state index contributed by atoms with van der Waals surface area (Å²) in [5.41, 5.74) is 0.312. The first-order valence-electron chi connectivity index (χ1n) is 8.69. The highest BCUT2D eigenvalue weighted by Crippen LogP contribution is 2.39. The number of unbranched alkanes of at least 4 members (excludes halogenated alkanes) is 1. The molecule has 0 aliphatic carbocycles. The van der Waals surface area contributed by atoms with Crippen molar-refractivity contribution in [1.82, 2.24) is 19.8 Å². The largest absolute Gasteiger partial charge is 0.348 e. The minimum atomic E-state index is 0.312. The predicted molar refractivity (Wildman–Crippen MR) is 86.3 cm³/mol. The van der Waals surface area contributed by atoms with Crippen LogP contribution in [-0.4, -0.2) is 51.9 Å². The van der Waals surface area contributed by atoms with Crippen LogP contribution in [0.4, 0.5) is 0 Å². The number of piperidine rings is 2. The number of likely N-dealkylation sites (tertiary alicyclic amines) is 2. The topological polar surface area (TPSA) is 52.2 Å². The molecular weight excluding hydrogens is 276 g/mol. The summed E-state index contributed by atoms with van der Waals surface area (Å²) in [7, 11) is 0. The van der Waals surface area contributed by atoms with Gasteiger partial charge in [-0.2, -0.15) is 0 Å². The van der Waals surface area contributed by atoms with Gasteiger partial charge in [-0.25, -0.2) is 4.98 Å². The number of aromatic amines is 1. The van der Waals surface area contributed by atoms with Crippen LogP contribution in [0.3, 0.4) is 0 Å². The molecule has 22 heavy (non-hydrogen) atoms. The van der Waals surface area contributed by atoms with Gasteiger partial charge in [0.2, 0.25) is 5.91 Å². The zero-order valence-electron chi connectivity index (χ0n) is 13.7. The Labute approximate surface area is 133 Å². The first-order chi connectivity index (χ1) is 10.7. The highest BCUT2D eigenvalue weighted by molar-refractivity contribution is 5.77. The maximum atomic E-state index is 12.2. The molecule has 2 fully saturated rings. The molecule has 3 rings (SSSR count). The first-order valence-corrected chi connectivity index (χ1v) is 8.69. The number of carbonyl (C=O) groups is 1. The van der Waals surface area contributed by atoms with E-state index in [1.165, 1.54) is 12.8 Å². The number of imidazole rings is 1. The number of hydrogen-bond acceptors (Lipinski definition) is 3. The van der Waals surface area contributed by atoms with E-state index < -0.39 is 0 Å². The molecule has 5 nitrogen and oxygen atoms in total. The molecule has 2 aliphatic heterocycles. The van der Waals surface area contributed by atoms with E-state index in [1.807, 2.05) is 12.4 Å². The Morgan fingerprint density at radius 1 is 1.36 bits per heavy atom. The molecule has 1 N–H and O–H groups in total. The van der Waals surface area contributed by atoms with Crippen LogP contribution in [0.5, 0.6) is 0 Å². The number of rotatable bonds is 5. The van der Waals surface area contributed by atoms with Crippen molar-refractivity contribution in [2.45, 2.75) is 52.0 Å². The average molecular weight is 304 g/mol. The first kappa shape index (κ1) is 15.5. The molecule has 2 saturated heterocycles. The smallest absolute Gasteiger partial charge is 0.222 e. The molecule has 5 heteroatoms. The van der Waals surface area contributed by atoms with Gasteiger partial charge in [0.15, 0.2) is 0 Å². The lowest BCUT2D eigenvalue weighted by Gasteiger charge is -2.48. The summed E-state index contributed by atoms with van der Waals surface area (Å²) in [5.74, 6) is 1.41. The van der Waals surface area contributed by atoms with Crippen molar-refractivity contribution in [3.8, 4) is 0 Å². The molecule has 0 unspecified atom stereocenters. The molecule has 1 aromatic heterocycles. The van der Waals surface area contributed by atoms with Crippen LogP contribution in [0.2, 0.25) is 0 Å². The van der Waals surface area contributed by atoms with E-state index in [9.17, 15) is 4.79 Å². The zero-order valence-corrected chi connectivity index (χ0v) is 13.7. The Hall–Kier alpha value is -1.36. The number of nitrogens with zero attached hydrogens (tertiary/aromatic N) is 3. The molecular formula is C17H28N4O. The van der Waals surface area contributed by atoms with Crippen LogP contribution >= 0.6 is 0 Å². The molecule has 0 aromatic carbocycles. The number of hydrogen-bond donors (Lipinski definition) is 1. The molecule has 3 heterocycles. The maximum absolute atomic E-state index is 12.2. The minimum Gasteiger partial charge on any atom is -0.348 e. The Morgan fingerprint density at radius 3 is 3.05 bits per heavy atom. The second-order valence-electron chi connectivity index (χ2n) is 7.02. The summed E-state index contributed by atoms with van der Waals surface area (Å²) < 4.78 is 0. The van der Waals surface area contributed by atoms with Crippen molar-refractivity contribution in [2.24, 2.45) is 5.41 Å². The van der Waals surface area contributed by atoms with Crippen LogP contribution in [-0.2, 0) is 11.3 Å². The number of aromatic nitrogens is 2. The van der Waals surface area contributed by atoms with E-state index in [2.05, 4.69) is 26.7 Å². The van der Waals surface area contributed by atoms with Gasteiger partial charge in [0.25, 0.3) is 0 Å². The summed E-state index contributed by atoms with van der Waals surface area (Å²) in [4.78, 5) is 24.4. The van der Waals surface area contributed by atoms with Crippen LogP contribution in [0.15, 0.2) is 12.4 Å².